The molecule has 2 rings (SSSR count). The van der Waals surface area contributed by atoms with Gasteiger partial charge in [0.05, 0.1) is 6.10 Å². The van der Waals surface area contributed by atoms with Crippen molar-refractivity contribution in [3.05, 3.63) is 34.9 Å². The van der Waals surface area contributed by atoms with E-state index in [4.69, 9.17) is 16.3 Å². The standard InChI is InChI=1S/C15H22ClNO/c1-11(14-5-3-4-6-15(14)16)17-12-7-9-13(18-2)10-8-12/h3-6,11-13,17H,7-10H2,1-2H3. The van der Waals surface area contributed by atoms with Gasteiger partial charge < -0.3 is 10.1 Å². The summed E-state index contributed by atoms with van der Waals surface area (Å²) in [5.41, 5.74) is 1.19. The summed E-state index contributed by atoms with van der Waals surface area (Å²) in [7, 11) is 1.81. The van der Waals surface area contributed by atoms with Crippen molar-refractivity contribution < 1.29 is 4.74 Å². The number of nitrogens with one attached hydrogen (secondary N) is 1. The Morgan fingerprint density at radius 1 is 1.22 bits per heavy atom. The molecule has 1 fully saturated rings. The molecular weight excluding hydrogens is 246 g/mol. The first-order valence-corrected chi connectivity index (χ1v) is 7.11. The van der Waals surface area contributed by atoms with Gasteiger partial charge in [0, 0.05) is 24.2 Å². The summed E-state index contributed by atoms with van der Waals surface area (Å²) in [4.78, 5) is 0. The van der Waals surface area contributed by atoms with Crippen LogP contribution < -0.4 is 5.32 Å². The second kappa shape index (κ2) is 6.55. The van der Waals surface area contributed by atoms with E-state index in [9.17, 15) is 0 Å². The van der Waals surface area contributed by atoms with Gasteiger partial charge in [0.2, 0.25) is 0 Å². The van der Waals surface area contributed by atoms with Gasteiger partial charge in [0.15, 0.2) is 0 Å². The maximum atomic E-state index is 6.22. The Morgan fingerprint density at radius 3 is 2.50 bits per heavy atom. The first kappa shape index (κ1) is 13.9. The van der Waals surface area contributed by atoms with Gasteiger partial charge in [-0.15, -0.1) is 0 Å². The van der Waals surface area contributed by atoms with Gasteiger partial charge in [-0.3, -0.25) is 0 Å². The van der Waals surface area contributed by atoms with Gasteiger partial charge in [-0.2, -0.15) is 0 Å². The Labute approximate surface area is 115 Å². The summed E-state index contributed by atoms with van der Waals surface area (Å²) in [5, 5.41) is 4.53. The van der Waals surface area contributed by atoms with Crippen molar-refractivity contribution in [1.29, 1.82) is 0 Å². The molecule has 0 spiro atoms. The minimum atomic E-state index is 0.308. The van der Waals surface area contributed by atoms with Crippen LogP contribution in [0.2, 0.25) is 5.02 Å². The molecule has 0 radical (unpaired) electrons. The predicted octanol–water partition coefficient (Wildman–Crippen LogP) is 3.95. The van der Waals surface area contributed by atoms with Crippen molar-refractivity contribution >= 4 is 11.6 Å². The molecule has 1 aromatic rings. The largest absolute Gasteiger partial charge is 0.381 e. The maximum absolute atomic E-state index is 6.22. The third kappa shape index (κ3) is 3.47. The number of ether oxygens (including phenoxy) is 1. The third-order valence-electron chi connectivity index (χ3n) is 3.86. The van der Waals surface area contributed by atoms with Crippen LogP contribution >= 0.6 is 11.6 Å². The zero-order chi connectivity index (χ0) is 13.0. The molecule has 0 bridgehead atoms. The monoisotopic (exact) mass is 267 g/mol. The van der Waals surface area contributed by atoms with E-state index in [0.29, 0.717) is 18.2 Å². The lowest BCUT2D eigenvalue weighted by molar-refractivity contribution is 0.0614. The summed E-state index contributed by atoms with van der Waals surface area (Å²) < 4.78 is 5.40. The van der Waals surface area contributed by atoms with E-state index < -0.39 is 0 Å². The van der Waals surface area contributed by atoms with Gasteiger partial charge in [-0.1, -0.05) is 29.8 Å². The van der Waals surface area contributed by atoms with Gasteiger partial charge in [0.1, 0.15) is 0 Å². The van der Waals surface area contributed by atoms with Crippen molar-refractivity contribution in [2.45, 2.75) is 50.8 Å². The van der Waals surface area contributed by atoms with Crippen molar-refractivity contribution in [3.63, 3.8) is 0 Å². The molecule has 2 nitrogen and oxygen atoms in total. The Kier molecular flexibility index (Phi) is 5.04. The Morgan fingerprint density at radius 2 is 1.89 bits per heavy atom. The van der Waals surface area contributed by atoms with Crippen molar-refractivity contribution in [1.82, 2.24) is 5.32 Å². The lowest BCUT2D eigenvalue weighted by atomic mass is 9.92. The van der Waals surface area contributed by atoms with E-state index in [1.165, 1.54) is 18.4 Å². The molecule has 1 saturated carbocycles. The highest BCUT2D eigenvalue weighted by atomic mass is 35.5. The molecule has 0 aliphatic heterocycles. The first-order valence-electron chi connectivity index (χ1n) is 6.74. The van der Waals surface area contributed by atoms with Gasteiger partial charge in [-0.25, -0.2) is 0 Å². The minimum Gasteiger partial charge on any atom is -0.381 e. The quantitative estimate of drug-likeness (QED) is 0.892. The van der Waals surface area contributed by atoms with Crippen molar-refractivity contribution in [2.75, 3.05) is 7.11 Å². The molecule has 1 aliphatic carbocycles. The van der Waals surface area contributed by atoms with Gasteiger partial charge in [0.25, 0.3) is 0 Å². The average Bonchev–Trinajstić information content (AvgIpc) is 2.40. The fourth-order valence-corrected chi connectivity index (χ4v) is 3.03. The second-order valence-corrected chi connectivity index (χ2v) is 5.53. The number of methoxy groups -OCH3 is 1. The predicted molar refractivity (Wildman–Crippen MR) is 76.1 cm³/mol. The van der Waals surface area contributed by atoms with Gasteiger partial charge >= 0.3 is 0 Å². The zero-order valence-corrected chi connectivity index (χ0v) is 11.9. The normalized spacial score (nSPS) is 25.9. The highest BCUT2D eigenvalue weighted by Crippen LogP contribution is 2.26. The number of hydrogen-bond donors (Lipinski definition) is 1. The number of hydrogen-bond acceptors (Lipinski definition) is 2. The van der Waals surface area contributed by atoms with Crippen LogP contribution in [0, 0.1) is 0 Å². The molecule has 1 N–H and O–H groups in total. The highest BCUT2D eigenvalue weighted by molar-refractivity contribution is 6.31. The highest BCUT2D eigenvalue weighted by Gasteiger charge is 2.22. The molecule has 1 unspecified atom stereocenters. The Balaban J connectivity index is 1.89. The maximum Gasteiger partial charge on any atom is 0.0572 e. The Hall–Kier alpha value is -0.570. The first-order chi connectivity index (χ1) is 8.70. The summed E-state index contributed by atoms with van der Waals surface area (Å²) in [5.74, 6) is 0. The Bertz CT molecular complexity index is 375. The zero-order valence-electron chi connectivity index (χ0n) is 11.2. The molecular formula is C15H22ClNO. The third-order valence-corrected chi connectivity index (χ3v) is 4.21. The SMILES string of the molecule is COC1CCC(NC(C)c2ccccc2Cl)CC1. The van der Waals surface area contributed by atoms with Crippen LogP contribution in [0.3, 0.4) is 0 Å². The molecule has 0 heterocycles. The number of halogens is 1. The van der Waals surface area contributed by atoms with E-state index in [2.05, 4.69) is 18.3 Å². The van der Waals surface area contributed by atoms with E-state index in [0.717, 1.165) is 17.9 Å². The van der Waals surface area contributed by atoms with Crippen molar-refractivity contribution in [2.24, 2.45) is 0 Å². The van der Waals surface area contributed by atoms with Crippen LogP contribution in [-0.4, -0.2) is 19.3 Å². The van der Waals surface area contributed by atoms with Gasteiger partial charge in [-0.05, 0) is 44.2 Å². The number of benzene rings is 1. The van der Waals surface area contributed by atoms with E-state index in [1.54, 1.807) is 0 Å². The van der Waals surface area contributed by atoms with Crippen LogP contribution in [0.15, 0.2) is 24.3 Å². The lowest BCUT2D eigenvalue weighted by Gasteiger charge is -2.30. The molecule has 0 saturated heterocycles. The number of rotatable bonds is 4. The molecule has 18 heavy (non-hydrogen) atoms. The fourth-order valence-electron chi connectivity index (χ4n) is 2.73. The van der Waals surface area contributed by atoms with Crippen LogP contribution in [0.25, 0.3) is 0 Å². The van der Waals surface area contributed by atoms with Crippen LogP contribution in [0.1, 0.15) is 44.2 Å². The average molecular weight is 268 g/mol. The second-order valence-electron chi connectivity index (χ2n) is 5.12. The fraction of sp³-hybridized carbons (Fsp3) is 0.600. The summed E-state index contributed by atoms with van der Waals surface area (Å²) in [6.07, 6.45) is 5.15. The lowest BCUT2D eigenvalue weighted by Crippen LogP contribution is -2.36. The summed E-state index contributed by atoms with van der Waals surface area (Å²) in [6, 6.07) is 8.96. The summed E-state index contributed by atoms with van der Waals surface area (Å²) in [6.45, 7) is 2.18. The smallest absolute Gasteiger partial charge is 0.0572 e. The van der Waals surface area contributed by atoms with Crippen molar-refractivity contribution in [3.8, 4) is 0 Å². The molecule has 100 valence electrons. The van der Waals surface area contributed by atoms with Crippen LogP contribution in [0.5, 0.6) is 0 Å². The van der Waals surface area contributed by atoms with E-state index in [-0.39, 0.29) is 0 Å². The van der Waals surface area contributed by atoms with Crippen LogP contribution in [0.4, 0.5) is 0 Å². The van der Waals surface area contributed by atoms with Crippen LogP contribution in [-0.2, 0) is 4.74 Å². The minimum absolute atomic E-state index is 0.308. The van der Waals surface area contributed by atoms with E-state index in [1.807, 2.05) is 25.3 Å². The summed E-state index contributed by atoms with van der Waals surface area (Å²) >= 11 is 6.22. The molecule has 0 aromatic heterocycles. The molecule has 3 heteroatoms. The molecule has 1 aliphatic rings. The molecule has 1 atom stereocenters. The van der Waals surface area contributed by atoms with E-state index >= 15 is 0 Å². The topological polar surface area (TPSA) is 21.3 Å². The molecule has 0 amide bonds. The molecule has 1 aromatic carbocycles.